The van der Waals surface area contributed by atoms with Crippen LogP contribution in [0.4, 0.5) is 4.79 Å². The molecule has 0 spiro atoms. The number of amides is 1. The number of fused-ring (bicyclic) bond motifs is 1. The molecule has 6 nitrogen and oxygen atoms in total. The first-order valence-corrected chi connectivity index (χ1v) is 10.1. The van der Waals surface area contributed by atoms with Crippen molar-refractivity contribution in [1.82, 2.24) is 9.88 Å². The Morgan fingerprint density at radius 3 is 2.64 bits per heavy atom. The highest BCUT2D eigenvalue weighted by Gasteiger charge is 2.27. The van der Waals surface area contributed by atoms with Crippen LogP contribution < -0.4 is 5.32 Å². The summed E-state index contributed by atoms with van der Waals surface area (Å²) in [7, 11) is 6.25. The number of nitrogens with zero attached hydrogens (tertiary/aromatic N) is 2. The summed E-state index contributed by atoms with van der Waals surface area (Å²) in [5, 5.41) is 16.2. The van der Waals surface area contributed by atoms with Gasteiger partial charge in [0.15, 0.2) is 0 Å². The van der Waals surface area contributed by atoms with Gasteiger partial charge in [0, 0.05) is 23.4 Å². The number of rotatable bonds is 6. The zero-order chi connectivity index (χ0) is 20.5. The normalized spacial score (nSPS) is 11.7. The monoisotopic (exact) mass is 420 g/mol. The molecule has 2 heterocycles. The molecule has 0 saturated carbocycles. The van der Waals surface area contributed by atoms with E-state index >= 15 is 0 Å². The van der Waals surface area contributed by atoms with E-state index in [1.165, 1.54) is 11.3 Å². The molecule has 28 heavy (non-hydrogen) atoms. The van der Waals surface area contributed by atoms with Crippen molar-refractivity contribution in [3.8, 4) is 5.88 Å². The van der Waals surface area contributed by atoms with Crippen LogP contribution in [-0.2, 0) is 0 Å². The van der Waals surface area contributed by atoms with Crippen LogP contribution in [0.1, 0.15) is 21.7 Å². The molecule has 0 fully saturated rings. The summed E-state index contributed by atoms with van der Waals surface area (Å²) >= 11 is 7.38. The predicted octanol–water partition coefficient (Wildman–Crippen LogP) is 3.95. The van der Waals surface area contributed by atoms with Crippen molar-refractivity contribution in [2.24, 2.45) is 0 Å². The topological polar surface area (TPSA) is 71.3 Å². The Balaban J connectivity index is 1.96. The van der Waals surface area contributed by atoms with Crippen LogP contribution in [0.15, 0.2) is 35.7 Å². The summed E-state index contributed by atoms with van der Waals surface area (Å²) < 4.78 is 1.93. The summed E-state index contributed by atoms with van der Waals surface area (Å²) in [5.74, 6) is -0.712. The van der Waals surface area contributed by atoms with Crippen molar-refractivity contribution < 1.29 is 19.2 Å². The van der Waals surface area contributed by atoms with Crippen LogP contribution >= 0.6 is 22.9 Å². The third kappa shape index (κ3) is 4.22. The Labute approximate surface area is 172 Å². The molecule has 0 atom stereocenters. The van der Waals surface area contributed by atoms with E-state index in [0.29, 0.717) is 27.3 Å². The minimum Gasteiger partial charge on any atom is -0.494 e. The van der Waals surface area contributed by atoms with E-state index in [4.69, 9.17) is 11.6 Å². The highest BCUT2D eigenvalue weighted by Crippen LogP contribution is 2.35. The van der Waals surface area contributed by atoms with Gasteiger partial charge in [0.2, 0.25) is 11.7 Å². The Bertz CT molecular complexity index is 1020. The van der Waals surface area contributed by atoms with Gasteiger partial charge in [-0.25, -0.2) is 9.36 Å². The fourth-order valence-electron chi connectivity index (χ4n) is 3.04. The molecule has 2 N–H and O–H groups in total. The van der Waals surface area contributed by atoms with E-state index < -0.39 is 6.03 Å². The SMILES string of the molecule is C[N+](C)(C)CCCNC(=O)n1c(O)c(C(=O)c2cccs2)c2cc(Cl)ccc21. The second-order valence-electron chi connectivity index (χ2n) is 7.60. The lowest BCUT2D eigenvalue weighted by Gasteiger charge is -2.23. The summed E-state index contributed by atoms with van der Waals surface area (Å²) in [4.78, 5) is 26.2. The molecule has 8 heteroatoms. The van der Waals surface area contributed by atoms with E-state index in [9.17, 15) is 14.7 Å². The molecular formula is C20H23ClN3O3S+. The molecule has 0 unspecified atom stereocenters. The number of thiophene rings is 1. The largest absolute Gasteiger partial charge is 0.494 e. The van der Waals surface area contributed by atoms with Crippen molar-refractivity contribution in [2.75, 3.05) is 34.2 Å². The van der Waals surface area contributed by atoms with Gasteiger partial charge in [-0.2, -0.15) is 0 Å². The Kier molecular flexibility index (Phi) is 5.79. The van der Waals surface area contributed by atoms with Crippen LogP contribution in [0.5, 0.6) is 5.88 Å². The van der Waals surface area contributed by atoms with Gasteiger partial charge in [-0.15, -0.1) is 11.3 Å². The number of aromatic hydroxyl groups is 1. The fraction of sp³-hybridized carbons (Fsp3) is 0.300. The van der Waals surface area contributed by atoms with Gasteiger partial charge in [0.05, 0.1) is 43.6 Å². The Morgan fingerprint density at radius 1 is 1.25 bits per heavy atom. The first-order valence-electron chi connectivity index (χ1n) is 8.89. The molecule has 0 saturated heterocycles. The van der Waals surface area contributed by atoms with E-state index in [1.807, 2.05) is 0 Å². The number of carbonyl (C=O) groups excluding carboxylic acids is 2. The molecule has 0 aliphatic rings. The molecule has 148 valence electrons. The fourth-order valence-corrected chi connectivity index (χ4v) is 3.88. The maximum atomic E-state index is 12.9. The van der Waals surface area contributed by atoms with Crippen LogP contribution in [0.25, 0.3) is 10.9 Å². The van der Waals surface area contributed by atoms with Crippen molar-refractivity contribution in [2.45, 2.75) is 6.42 Å². The van der Waals surface area contributed by atoms with Gasteiger partial charge in [0.1, 0.15) is 0 Å². The number of benzene rings is 1. The molecule has 0 aliphatic heterocycles. The molecule has 3 aromatic rings. The minimum atomic E-state index is -0.475. The van der Waals surface area contributed by atoms with E-state index in [1.54, 1.807) is 35.7 Å². The van der Waals surface area contributed by atoms with Crippen LogP contribution in [0.3, 0.4) is 0 Å². The zero-order valence-corrected chi connectivity index (χ0v) is 17.6. The number of hydrogen-bond donors (Lipinski definition) is 2. The number of hydrogen-bond acceptors (Lipinski definition) is 4. The lowest BCUT2D eigenvalue weighted by Crippen LogP contribution is -2.38. The first kappa shape index (κ1) is 20.4. The maximum absolute atomic E-state index is 12.9. The Hall–Kier alpha value is -2.35. The third-order valence-corrected chi connectivity index (χ3v) is 5.47. The van der Waals surface area contributed by atoms with Gasteiger partial charge in [-0.05, 0) is 29.6 Å². The van der Waals surface area contributed by atoms with E-state index in [2.05, 4.69) is 26.5 Å². The quantitative estimate of drug-likeness (QED) is 0.360. The zero-order valence-electron chi connectivity index (χ0n) is 16.0. The number of carbonyl (C=O) groups is 2. The van der Waals surface area contributed by atoms with Crippen LogP contribution in [-0.4, -0.2) is 60.2 Å². The maximum Gasteiger partial charge on any atom is 0.328 e. The second-order valence-corrected chi connectivity index (χ2v) is 8.99. The summed E-state index contributed by atoms with van der Waals surface area (Å²) in [6.07, 6.45) is 0.794. The molecular weight excluding hydrogens is 398 g/mol. The second kappa shape index (κ2) is 7.95. The number of aromatic nitrogens is 1. The lowest BCUT2D eigenvalue weighted by atomic mass is 10.1. The summed E-state index contributed by atoms with van der Waals surface area (Å²) in [6, 6.07) is 7.83. The van der Waals surface area contributed by atoms with Gasteiger partial charge >= 0.3 is 6.03 Å². The Morgan fingerprint density at radius 2 is 2.00 bits per heavy atom. The molecule has 2 aromatic heterocycles. The number of quaternary nitrogens is 1. The highest BCUT2D eigenvalue weighted by atomic mass is 35.5. The highest BCUT2D eigenvalue weighted by molar-refractivity contribution is 7.12. The summed E-state index contributed by atoms with van der Waals surface area (Å²) in [6.45, 7) is 1.37. The van der Waals surface area contributed by atoms with Gasteiger partial charge in [-0.1, -0.05) is 17.7 Å². The van der Waals surface area contributed by atoms with Crippen molar-refractivity contribution >= 4 is 45.7 Å². The molecule has 0 radical (unpaired) electrons. The van der Waals surface area contributed by atoms with Crippen molar-refractivity contribution in [3.63, 3.8) is 0 Å². The lowest BCUT2D eigenvalue weighted by molar-refractivity contribution is -0.870. The van der Waals surface area contributed by atoms with Gasteiger partial charge in [-0.3, -0.25) is 4.79 Å². The third-order valence-electron chi connectivity index (χ3n) is 4.36. The van der Waals surface area contributed by atoms with E-state index in [0.717, 1.165) is 22.0 Å². The standard InChI is InChI=1S/C20H22ClN3O3S/c1-24(2,3)10-5-9-22-20(27)23-15-8-7-13(21)12-14(15)17(19(23)26)18(25)16-6-4-11-28-16/h4,6-8,11-12H,5,9-10H2,1-3H3,(H-,22,25,26,27)/p+1. The number of halogens is 1. The predicted molar refractivity (Wildman–Crippen MR) is 113 cm³/mol. The average molecular weight is 421 g/mol. The minimum absolute atomic E-state index is 0.0847. The molecule has 0 aliphatic carbocycles. The summed E-state index contributed by atoms with van der Waals surface area (Å²) in [5.41, 5.74) is 0.521. The molecule has 1 amide bonds. The number of nitrogens with one attached hydrogen (secondary N) is 1. The van der Waals surface area contributed by atoms with Gasteiger partial charge in [0.25, 0.3) is 0 Å². The van der Waals surface area contributed by atoms with Crippen LogP contribution in [0, 0.1) is 0 Å². The number of ketones is 1. The first-order chi connectivity index (χ1) is 13.2. The molecule has 0 bridgehead atoms. The molecule has 1 aromatic carbocycles. The van der Waals surface area contributed by atoms with E-state index in [-0.39, 0.29) is 17.2 Å². The van der Waals surface area contributed by atoms with Crippen molar-refractivity contribution in [3.05, 3.63) is 51.2 Å². The average Bonchev–Trinajstić information content (AvgIpc) is 3.23. The molecule has 3 rings (SSSR count). The smallest absolute Gasteiger partial charge is 0.328 e. The van der Waals surface area contributed by atoms with Crippen LogP contribution in [0.2, 0.25) is 5.02 Å². The van der Waals surface area contributed by atoms with Gasteiger partial charge < -0.3 is 14.9 Å². The van der Waals surface area contributed by atoms with Crippen molar-refractivity contribution in [1.29, 1.82) is 0 Å².